The van der Waals surface area contributed by atoms with Crippen LogP contribution in [-0.2, 0) is 19.7 Å². The molecule has 0 amide bonds. The SMILES string of the molecule is COc1ccc([N+](=O)[O-])cc1S(=O)(=O)NOCC(=O)O. The first-order chi connectivity index (χ1) is 9.27. The second-order valence-corrected chi connectivity index (χ2v) is 4.97. The van der Waals surface area contributed by atoms with Crippen LogP contribution in [0.1, 0.15) is 0 Å². The van der Waals surface area contributed by atoms with Gasteiger partial charge in [0.2, 0.25) is 0 Å². The summed E-state index contributed by atoms with van der Waals surface area (Å²) in [6.45, 7) is -0.906. The zero-order chi connectivity index (χ0) is 15.3. The van der Waals surface area contributed by atoms with E-state index in [4.69, 9.17) is 9.84 Å². The van der Waals surface area contributed by atoms with Gasteiger partial charge in [-0.1, -0.05) is 4.89 Å². The predicted octanol–water partition coefficient (Wildman–Crippen LogP) is -0.102. The van der Waals surface area contributed by atoms with E-state index in [0.29, 0.717) is 0 Å². The van der Waals surface area contributed by atoms with E-state index >= 15 is 0 Å². The van der Waals surface area contributed by atoms with Gasteiger partial charge in [-0.05, 0) is 6.07 Å². The van der Waals surface area contributed by atoms with E-state index in [1.807, 2.05) is 0 Å². The Hall–Kier alpha value is -2.24. The number of nitro benzene ring substituents is 1. The molecule has 0 atom stereocenters. The normalized spacial score (nSPS) is 11.1. The van der Waals surface area contributed by atoms with Crippen molar-refractivity contribution in [2.45, 2.75) is 4.90 Å². The summed E-state index contributed by atoms with van der Waals surface area (Å²) in [5, 5.41) is 18.9. The lowest BCUT2D eigenvalue weighted by Crippen LogP contribution is -2.27. The smallest absolute Gasteiger partial charge is 0.331 e. The number of non-ortho nitro benzene ring substituents is 1. The van der Waals surface area contributed by atoms with Gasteiger partial charge >= 0.3 is 5.97 Å². The summed E-state index contributed by atoms with van der Waals surface area (Å²) < 4.78 is 28.5. The molecule has 0 spiro atoms. The van der Waals surface area contributed by atoms with E-state index in [1.165, 1.54) is 12.0 Å². The van der Waals surface area contributed by atoms with Gasteiger partial charge < -0.3 is 9.84 Å². The van der Waals surface area contributed by atoms with Crippen molar-refractivity contribution in [1.82, 2.24) is 4.89 Å². The van der Waals surface area contributed by atoms with Crippen LogP contribution in [0.4, 0.5) is 5.69 Å². The van der Waals surface area contributed by atoms with Gasteiger partial charge in [0.25, 0.3) is 15.7 Å². The van der Waals surface area contributed by atoms with E-state index in [1.54, 1.807) is 0 Å². The van der Waals surface area contributed by atoms with Gasteiger partial charge in [0.1, 0.15) is 10.6 Å². The van der Waals surface area contributed by atoms with Crippen LogP contribution in [0.15, 0.2) is 23.1 Å². The minimum Gasteiger partial charge on any atom is -0.495 e. The second kappa shape index (κ2) is 6.27. The average Bonchev–Trinajstić information content (AvgIpc) is 2.37. The number of hydrogen-bond acceptors (Lipinski definition) is 7. The Balaban J connectivity index is 3.11. The standard InChI is InChI=1S/C9H10N2O8S/c1-18-7-3-2-6(11(14)15)4-8(7)20(16,17)10-19-5-9(12)13/h2-4,10H,5H2,1H3,(H,12,13). The summed E-state index contributed by atoms with van der Waals surface area (Å²) in [5.41, 5.74) is -0.468. The molecule has 0 saturated heterocycles. The van der Waals surface area contributed by atoms with E-state index in [2.05, 4.69) is 4.84 Å². The van der Waals surface area contributed by atoms with Crippen LogP contribution < -0.4 is 9.62 Å². The van der Waals surface area contributed by atoms with Gasteiger partial charge in [-0.2, -0.15) is 0 Å². The highest BCUT2D eigenvalue weighted by molar-refractivity contribution is 7.89. The van der Waals surface area contributed by atoms with Crippen molar-refractivity contribution in [3.05, 3.63) is 28.3 Å². The Morgan fingerprint density at radius 2 is 2.15 bits per heavy atom. The van der Waals surface area contributed by atoms with Crippen LogP contribution in [0.3, 0.4) is 0 Å². The number of nitrogens with zero attached hydrogens (tertiary/aromatic N) is 1. The molecule has 0 aliphatic carbocycles. The molecule has 0 aliphatic heterocycles. The number of benzene rings is 1. The van der Waals surface area contributed by atoms with Crippen molar-refractivity contribution in [2.24, 2.45) is 0 Å². The molecule has 0 saturated carbocycles. The number of carbonyl (C=O) groups is 1. The molecule has 0 heterocycles. The third-order valence-electron chi connectivity index (χ3n) is 2.01. The van der Waals surface area contributed by atoms with Crippen molar-refractivity contribution in [2.75, 3.05) is 13.7 Å². The molecule has 11 heteroatoms. The first-order valence-corrected chi connectivity index (χ1v) is 6.44. The largest absolute Gasteiger partial charge is 0.495 e. The molecule has 0 fully saturated rings. The summed E-state index contributed by atoms with van der Waals surface area (Å²) in [4.78, 5) is 25.3. The molecule has 0 aromatic heterocycles. The van der Waals surface area contributed by atoms with Gasteiger partial charge in [-0.15, -0.1) is 0 Å². The summed E-state index contributed by atoms with van der Waals surface area (Å²) in [6.07, 6.45) is 0. The van der Waals surface area contributed by atoms with Gasteiger partial charge in [0.15, 0.2) is 6.61 Å². The van der Waals surface area contributed by atoms with Crippen molar-refractivity contribution in [1.29, 1.82) is 0 Å². The number of carboxylic acids is 1. The summed E-state index contributed by atoms with van der Waals surface area (Å²) >= 11 is 0. The van der Waals surface area contributed by atoms with Crippen LogP contribution in [-0.4, -0.2) is 38.1 Å². The number of carboxylic acid groups (broad SMARTS) is 1. The third-order valence-corrected chi connectivity index (χ3v) is 3.25. The molecule has 1 aromatic carbocycles. The minimum atomic E-state index is -4.32. The first kappa shape index (κ1) is 15.8. The fourth-order valence-corrected chi connectivity index (χ4v) is 2.20. The van der Waals surface area contributed by atoms with Gasteiger partial charge in [-0.3, -0.25) is 15.0 Å². The van der Waals surface area contributed by atoms with Gasteiger partial charge in [0.05, 0.1) is 12.0 Å². The Morgan fingerprint density at radius 3 is 2.65 bits per heavy atom. The van der Waals surface area contributed by atoms with Crippen molar-refractivity contribution < 1.29 is 32.8 Å². The Bertz CT molecular complexity index is 627. The summed E-state index contributed by atoms with van der Waals surface area (Å²) in [7, 11) is -3.14. The number of aliphatic carboxylic acids is 1. The molecule has 10 nitrogen and oxygen atoms in total. The van der Waals surface area contributed by atoms with Crippen LogP contribution >= 0.6 is 0 Å². The molecule has 0 bridgehead atoms. The zero-order valence-electron chi connectivity index (χ0n) is 10.1. The number of nitrogens with one attached hydrogen (secondary N) is 1. The quantitative estimate of drug-likeness (QED) is 0.524. The Labute approximate surface area is 113 Å². The van der Waals surface area contributed by atoms with E-state index in [9.17, 15) is 23.3 Å². The summed E-state index contributed by atoms with van der Waals surface area (Å²) in [5.74, 6) is -1.54. The lowest BCUT2D eigenvalue weighted by molar-refractivity contribution is -0.385. The maximum Gasteiger partial charge on any atom is 0.331 e. The van der Waals surface area contributed by atoms with E-state index in [0.717, 1.165) is 18.2 Å². The molecule has 0 unspecified atom stereocenters. The van der Waals surface area contributed by atoms with Gasteiger partial charge in [0, 0.05) is 12.1 Å². The maximum absolute atomic E-state index is 11.8. The Kier molecular flexibility index (Phi) is 4.96. The highest BCUT2D eigenvalue weighted by atomic mass is 32.2. The monoisotopic (exact) mass is 306 g/mol. The number of hydrogen-bond donors (Lipinski definition) is 2. The van der Waals surface area contributed by atoms with Crippen molar-refractivity contribution in [3.63, 3.8) is 0 Å². The average molecular weight is 306 g/mol. The third kappa shape index (κ3) is 3.88. The predicted molar refractivity (Wildman–Crippen MR) is 63.6 cm³/mol. The molecular weight excluding hydrogens is 296 g/mol. The number of nitro groups is 1. The molecular formula is C9H10N2O8S. The van der Waals surface area contributed by atoms with E-state index in [-0.39, 0.29) is 5.75 Å². The molecule has 0 aliphatic rings. The topological polar surface area (TPSA) is 145 Å². The van der Waals surface area contributed by atoms with Crippen molar-refractivity contribution >= 4 is 21.7 Å². The molecule has 110 valence electrons. The number of rotatable bonds is 7. The van der Waals surface area contributed by atoms with Crippen LogP contribution in [0.5, 0.6) is 5.75 Å². The minimum absolute atomic E-state index is 0.151. The second-order valence-electron chi connectivity index (χ2n) is 3.36. The highest BCUT2D eigenvalue weighted by Crippen LogP contribution is 2.27. The van der Waals surface area contributed by atoms with Crippen molar-refractivity contribution in [3.8, 4) is 5.75 Å². The Morgan fingerprint density at radius 1 is 1.50 bits per heavy atom. The van der Waals surface area contributed by atoms with E-state index < -0.39 is 38.1 Å². The lowest BCUT2D eigenvalue weighted by atomic mass is 10.3. The fourth-order valence-electron chi connectivity index (χ4n) is 1.20. The number of methoxy groups -OCH3 is 1. The first-order valence-electron chi connectivity index (χ1n) is 4.95. The lowest BCUT2D eigenvalue weighted by Gasteiger charge is -2.09. The molecule has 1 rings (SSSR count). The van der Waals surface area contributed by atoms with Gasteiger partial charge in [-0.25, -0.2) is 13.2 Å². The van der Waals surface area contributed by atoms with Crippen LogP contribution in [0.2, 0.25) is 0 Å². The zero-order valence-corrected chi connectivity index (χ0v) is 10.9. The fraction of sp³-hybridized carbons (Fsp3) is 0.222. The molecule has 20 heavy (non-hydrogen) atoms. The molecule has 1 aromatic rings. The molecule has 2 N–H and O–H groups in total. The van der Waals surface area contributed by atoms with Crippen LogP contribution in [0, 0.1) is 10.1 Å². The number of sulfonamides is 1. The highest BCUT2D eigenvalue weighted by Gasteiger charge is 2.23. The molecule has 0 radical (unpaired) electrons. The maximum atomic E-state index is 11.8. The summed E-state index contributed by atoms with van der Waals surface area (Å²) in [6, 6.07) is 2.94. The van der Waals surface area contributed by atoms with Crippen LogP contribution in [0.25, 0.3) is 0 Å². The number of ether oxygens (including phenoxy) is 1.